The average molecular weight is 556 g/mol. The lowest BCUT2D eigenvalue weighted by Gasteiger charge is -2.39. The van der Waals surface area contributed by atoms with Crippen LogP contribution in [0.2, 0.25) is 0 Å². The van der Waals surface area contributed by atoms with Crippen LogP contribution in [0.25, 0.3) is 21.5 Å². The minimum atomic E-state index is -1.09. The van der Waals surface area contributed by atoms with E-state index in [2.05, 4.69) is 14.3 Å². The average Bonchev–Trinajstić information content (AvgIpc) is 3.39. The molecule has 0 bridgehead atoms. The number of aromatic nitrogens is 3. The molecule has 2 fully saturated rings. The van der Waals surface area contributed by atoms with Crippen LogP contribution >= 0.6 is 11.5 Å². The maximum Gasteiger partial charge on any atom is 0.319 e. The molecule has 2 N–H and O–H groups in total. The summed E-state index contributed by atoms with van der Waals surface area (Å²) in [6, 6.07) is 7.38. The number of hydroxylamine groups is 1. The van der Waals surface area contributed by atoms with Crippen LogP contribution in [0, 0.1) is 0 Å². The second kappa shape index (κ2) is 11.6. The molecule has 0 spiro atoms. The fourth-order valence-electron chi connectivity index (χ4n) is 5.37. The van der Waals surface area contributed by atoms with Gasteiger partial charge in [-0.15, -0.1) is 0 Å². The molecule has 2 aromatic heterocycles. The topological polar surface area (TPSA) is 118 Å². The minimum Gasteiger partial charge on any atom is -0.388 e. The van der Waals surface area contributed by atoms with Crippen LogP contribution in [0.5, 0.6) is 0 Å². The zero-order valence-corrected chi connectivity index (χ0v) is 23.4. The molecule has 5 rings (SSSR count). The van der Waals surface area contributed by atoms with E-state index in [9.17, 15) is 19.9 Å². The summed E-state index contributed by atoms with van der Waals surface area (Å²) >= 11 is 1.10. The molecule has 12 heteroatoms. The lowest BCUT2D eigenvalue weighted by molar-refractivity contribution is -0.0282. The second-order valence-corrected chi connectivity index (χ2v) is 11.6. The largest absolute Gasteiger partial charge is 0.388 e. The van der Waals surface area contributed by atoms with Gasteiger partial charge < -0.3 is 19.8 Å². The van der Waals surface area contributed by atoms with Crippen LogP contribution in [0.4, 0.5) is 10.5 Å². The van der Waals surface area contributed by atoms with Crippen LogP contribution in [0.15, 0.2) is 35.4 Å². The van der Waals surface area contributed by atoms with Crippen molar-refractivity contribution in [1.82, 2.24) is 28.6 Å². The number of benzene rings is 1. The van der Waals surface area contributed by atoms with Gasteiger partial charge in [0, 0.05) is 39.3 Å². The number of hydrogen-bond acceptors (Lipinski definition) is 9. The van der Waals surface area contributed by atoms with E-state index >= 15 is 0 Å². The quantitative estimate of drug-likeness (QED) is 0.428. The maximum atomic E-state index is 13.3. The molecule has 1 aromatic carbocycles. The molecular weight excluding hydrogens is 518 g/mol. The zero-order chi connectivity index (χ0) is 27.6. The van der Waals surface area contributed by atoms with Crippen molar-refractivity contribution in [3.63, 3.8) is 0 Å². The molecule has 2 amide bonds. The summed E-state index contributed by atoms with van der Waals surface area (Å²) in [5.41, 5.74) is 1.35. The molecule has 0 aliphatic carbocycles. The maximum absolute atomic E-state index is 13.3. The first-order valence-corrected chi connectivity index (χ1v) is 14.3. The standard InChI is InChI=1S/C27H37N7O4S/c1-30(2)26(36)32-14-10-27(37,11-15-32)18-33-19-28-23-22(29-39-24(23)25(33)35)20-6-8-21(9-7-20)34(38)17-16-31-12-4-3-5-13-31/h6-9,19,37-38H,3-5,10-18H2,1-2H3. The Morgan fingerprint density at radius 2 is 1.77 bits per heavy atom. The number of carbonyl (C=O) groups is 1. The number of hydrogen-bond donors (Lipinski definition) is 2. The summed E-state index contributed by atoms with van der Waals surface area (Å²) in [4.78, 5) is 35.6. The summed E-state index contributed by atoms with van der Waals surface area (Å²) in [6.07, 6.45) is 5.98. The first-order chi connectivity index (χ1) is 18.7. The predicted octanol–water partition coefficient (Wildman–Crippen LogP) is 2.71. The van der Waals surface area contributed by atoms with Gasteiger partial charge in [-0.1, -0.05) is 18.6 Å². The summed E-state index contributed by atoms with van der Waals surface area (Å²) in [5, 5.41) is 23.0. The Morgan fingerprint density at radius 3 is 2.44 bits per heavy atom. The highest BCUT2D eigenvalue weighted by Crippen LogP contribution is 2.30. The van der Waals surface area contributed by atoms with E-state index < -0.39 is 5.60 Å². The number of anilines is 1. The molecule has 0 radical (unpaired) electrons. The van der Waals surface area contributed by atoms with Gasteiger partial charge in [0.1, 0.15) is 15.9 Å². The van der Waals surface area contributed by atoms with Crippen molar-refractivity contribution < 1.29 is 15.1 Å². The Labute approximate surface area is 232 Å². The summed E-state index contributed by atoms with van der Waals surface area (Å²) < 4.78 is 6.40. The highest BCUT2D eigenvalue weighted by molar-refractivity contribution is 7.13. The number of fused-ring (bicyclic) bond motifs is 1. The van der Waals surface area contributed by atoms with Crippen LogP contribution in [0.1, 0.15) is 32.1 Å². The summed E-state index contributed by atoms with van der Waals surface area (Å²) in [5.74, 6) is 0. The van der Waals surface area contributed by atoms with Crippen molar-refractivity contribution in [2.24, 2.45) is 0 Å². The van der Waals surface area contributed by atoms with E-state index in [-0.39, 0.29) is 18.1 Å². The molecule has 39 heavy (non-hydrogen) atoms. The van der Waals surface area contributed by atoms with E-state index in [4.69, 9.17) is 0 Å². The van der Waals surface area contributed by atoms with E-state index in [0.29, 0.717) is 54.1 Å². The number of piperidine rings is 2. The fourth-order valence-corrected chi connectivity index (χ4v) is 6.18. The molecule has 0 atom stereocenters. The Kier molecular flexibility index (Phi) is 8.17. The molecule has 0 saturated carbocycles. The first kappa shape index (κ1) is 27.5. The smallest absolute Gasteiger partial charge is 0.319 e. The molecule has 2 aliphatic rings. The number of carbonyl (C=O) groups excluding carboxylic acids is 1. The predicted molar refractivity (Wildman–Crippen MR) is 151 cm³/mol. The molecule has 4 heterocycles. The van der Waals surface area contributed by atoms with Crippen LogP contribution in [-0.4, -0.2) is 104 Å². The molecule has 2 saturated heterocycles. The van der Waals surface area contributed by atoms with E-state index in [1.807, 2.05) is 24.3 Å². The number of amides is 2. The number of aliphatic hydroxyl groups is 1. The van der Waals surface area contributed by atoms with Gasteiger partial charge >= 0.3 is 6.03 Å². The van der Waals surface area contributed by atoms with Crippen LogP contribution in [-0.2, 0) is 6.54 Å². The van der Waals surface area contributed by atoms with Crippen molar-refractivity contribution in [3.8, 4) is 11.3 Å². The molecule has 2 aliphatic heterocycles. The third-order valence-electron chi connectivity index (χ3n) is 7.78. The van der Waals surface area contributed by atoms with Crippen molar-refractivity contribution >= 4 is 33.5 Å². The number of rotatable bonds is 7. The first-order valence-electron chi connectivity index (χ1n) is 13.6. The van der Waals surface area contributed by atoms with Gasteiger partial charge in [0.15, 0.2) is 0 Å². The van der Waals surface area contributed by atoms with Crippen molar-refractivity contribution in [2.45, 2.75) is 44.2 Å². The third kappa shape index (κ3) is 6.08. The normalized spacial score (nSPS) is 17.9. The molecular formula is C27H37N7O4S. The number of nitrogens with zero attached hydrogens (tertiary/aromatic N) is 7. The van der Waals surface area contributed by atoms with Gasteiger partial charge in [0.25, 0.3) is 5.56 Å². The minimum absolute atomic E-state index is 0.0772. The molecule has 11 nitrogen and oxygen atoms in total. The third-order valence-corrected chi connectivity index (χ3v) is 8.60. The van der Waals surface area contributed by atoms with Gasteiger partial charge in [-0.25, -0.2) is 9.78 Å². The van der Waals surface area contributed by atoms with E-state index in [1.165, 1.54) is 40.1 Å². The van der Waals surface area contributed by atoms with Gasteiger partial charge in [0.05, 0.1) is 30.7 Å². The van der Waals surface area contributed by atoms with Crippen molar-refractivity contribution in [1.29, 1.82) is 0 Å². The van der Waals surface area contributed by atoms with E-state index in [1.54, 1.807) is 19.0 Å². The van der Waals surface area contributed by atoms with Gasteiger partial charge in [-0.3, -0.25) is 19.6 Å². The molecule has 210 valence electrons. The number of likely N-dealkylation sites (tertiary alicyclic amines) is 2. The Balaban J connectivity index is 1.25. The number of urea groups is 1. The fraction of sp³-hybridized carbons (Fsp3) is 0.556. The SMILES string of the molecule is CN(C)C(=O)N1CCC(O)(Cn2cnc3c(-c4ccc(N(O)CCN5CCCCC5)cc4)nsc3c2=O)CC1. The zero-order valence-electron chi connectivity index (χ0n) is 22.6. The van der Waals surface area contributed by atoms with Crippen molar-refractivity contribution in [3.05, 3.63) is 40.9 Å². The summed E-state index contributed by atoms with van der Waals surface area (Å²) in [7, 11) is 3.42. The highest BCUT2D eigenvalue weighted by Gasteiger charge is 2.35. The second-order valence-electron chi connectivity index (χ2n) is 10.8. The van der Waals surface area contributed by atoms with Gasteiger partial charge in [-0.2, -0.15) is 4.37 Å². The highest BCUT2D eigenvalue weighted by atomic mass is 32.1. The Morgan fingerprint density at radius 1 is 1.08 bits per heavy atom. The van der Waals surface area contributed by atoms with Crippen LogP contribution < -0.4 is 10.6 Å². The van der Waals surface area contributed by atoms with E-state index in [0.717, 1.165) is 36.7 Å². The van der Waals surface area contributed by atoms with Crippen molar-refractivity contribution in [2.75, 3.05) is 58.4 Å². The monoisotopic (exact) mass is 555 g/mol. The van der Waals surface area contributed by atoms with Crippen LogP contribution in [0.3, 0.4) is 0 Å². The summed E-state index contributed by atoms with van der Waals surface area (Å²) in [6.45, 7) is 4.53. The Hall–Kier alpha value is -3.06. The molecule has 3 aromatic rings. The van der Waals surface area contributed by atoms with Gasteiger partial charge in [-0.05, 0) is 62.4 Å². The lowest BCUT2D eigenvalue weighted by atomic mass is 9.91. The lowest BCUT2D eigenvalue weighted by Crippen LogP contribution is -2.51. The van der Waals surface area contributed by atoms with Gasteiger partial charge in [0.2, 0.25) is 0 Å². The Bertz CT molecular complexity index is 1340. The molecule has 0 unspecified atom stereocenters.